The number of rotatable bonds is 10. The highest BCUT2D eigenvalue weighted by Crippen LogP contribution is 2.10. The first-order chi connectivity index (χ1) is 8.86. The van der Waals surface area contributed by atoms with E-state index in [9.17, 15) is 0 Å². The van der Waals surface area contributed by atoms with Crippen molar-refractivity contribution < 1.29 is 4.74 Å². The van der Waals surface area contributed by atoms with E-state index in [2.05, 4.69) is 12.0 Å². The van der Waals surface area contributed by atoms with Gasteiger partial charge in [-0.15, -0.1) is 6.58 Å². The Morgan fingerprint density at radius 3 is 2.67 bits per heavy atom. The Morgan fingerprint density at radius 1 is 1.22 bits per heavy atom. The standard InChI is InChI=1S/C15H24N2O/c1-2-3-4-5-7-10-14(17-16)13-18-15-11-8-6-9-12-15/h2,6,8-9,11-12,14,17H,1,3-5,7,10,13,16H2. The first-order valence-corrected chi connectivity index (χ1v) is 6.61. The number of ether oxygens (including phenoxy) is 1. The highest BCUT2D eigenvalue weighted by molar-refractivity contribution is 5.20. The van der Waals surface area contributed by atoms with E-state index >= 15 is 0 Å². The largest absolute Gasteiger partial charge is 0.492 e. The fourth-order valence-electron chi connectivity index (χ4n) is 1.78. The van der Waals surface area contributed by atoms with Crippen LogP contribution >= 0.6 is 0 Å². The summed E-state index contributed by atoms with van der Waals surface area (Å²) in [6, 6.07) is 10.0. The van der Waals surface area contributed by atoms with Crippen LogP contribution in [0.2, 0.25) is 0 Å². The molecule has 0 aromatic heterocycles. The van der Waals surface area contributed by atoms with E-state index in [1.54, 1.807) is 0 Å². The monoisotopic (exact) mass is 248 g/mol. The zero-order valence-corrected chi connectivity index (χ0v) is 11.0. The molecule has 0 aliphatic heterocycles. The van der Waals surface area contributed by atoms with Gasteiger partial charge in [-0.1, -0.05) is 37.1 Å². The van der Waals surface area contributed by atoms with Gasteiger partial charge in [0.1, 0.15) is 12.4 Å². The van der Waals surface area contributed by atoms with Crippen LogP contribution in [0.3, 0.4) is 0 Å². The number of nitrogens with two attached hydrogens (primary N) is 1. The van der Waals surface area contributed by atoms with Gasteiger partial charge in [0.15, 0.2) is 0 Å². The van der Waals surface area contributed by atoms with E-state index in [0.29, 0.717) is 6.61 Å². The average Bonchev–Trinajstić information content (AvgIpc) is 2.43. The molecule has 1 aromatic carbocycles. The van der Waals surface area contributed by atoms with E-state index in [4.69, 9.17) is 10.6 Å². The molecule has 0 saturated carbocycles. The number of allylic oxidation sites excluding steroid dienone is 1. The summed E-state index contributed by atoms with van der Waals surface area (Å²) >= 11 is 0. The fourth-order valence-corrected chi connectivity index (χ4v) is 1.78. The van der Waals surface area contributed by atoms with Crippen LogP contribution in [0.4, 0.5) is 0 Å². The number of hydrogen-bond donors (Lipinski definition) is 2. The van der Waals surface area contributed by atoms with Crippen LogP contribution in [0.25, 0.3) is 0 Å². The lowest BCUT2D eigenvalue weighted by molar-refractivity contribution is 0.254. The zero-order valence-electron chi connectivity index (χ0n) is 11.0. The molecule has 0 amide bonds. The predicted octanol–water partition coefficient (Wildman–Crippen LogP) is 3.03. The third-order valence-electron chi connectivity index (χ3n) is 2.89. The van der Waals surface area contributed by atoms with Crippen LogP contribution < -0.4 is 16.0 Å². The number of hydrazine groups is 1. The molecule has 0 fully saturated rings. The first kappa shape index (κ1) is 14.7. The summed E-state index contributed by atoms with van der Waals surface area (Å²) in [5, 5.41) is 0. The van der Waals surface area contributed by atoms with Crippen molar-refractivity contribution in [2.75, 3.05) is 6.61 Å². The first-order valence-electron chi connectivity index (χ1n) is 6.61. The Morgan fingerprint density at radius 2 is 2.00 bits per heavy atom. The van der Waals surface area contributed by atoms with Gasteiger partial charge in [-0.3, -0.25) is 11.3 Å². The van der Waals surface area contributed by atoms with E-state index in [1.807, 2.05) is 36.4 Å². The van der Waals surface area contributed by atoms with Crippen LogP contribution in [0.1, 0.15) is 32.1 Å². The molecule has 0 bridgehead atoms. The van der Waals surface area contributed by atoms with Crippen molar-refractivity contribution in [1.29, 1.82) is 0 Å². The summed E-state index contributed by atoms with van der Waals surface area (Å²) in [7, 11) is 0. The van der Waals surface area contributed by atoms with Crippen molar-refractivity contribution in [1.82, 2.24) is 5.43 Å². The van der Waals surface area contributed by atoms with Gasteiger partial charge in [0.05, 0.1) is 6.04 Å². The van der Waals surface area contributed by atoms with Gasteiger partial charge in [-0.05, 0) is 31.4 Å². The maximum Gasteiger partial charge on any atom is 0.119 e. The van der Waals surface area contributed by atoms with Crippen molar-refractivity contribution in [3.63, 3.8) is 0 Å². The van der Waals surface area contributed by atoms with Crippen LogP contribution in [-0.4, -0.2) is 12.6 Å². The van der Waals surface area contributed by atoms with Gasteiger partial charge in [-0.2, -0.15) is 0 Å². The summed E-state index contributed by atoms with van der Waals surface area (Å²) in [5.74, 6) is 6.42. The van der Waals surface area contributed by atoms with E-state index in [1.165, 1.54) is 19.3 Å². The quantitative estimate of drug-likeness (QED) is 0.289. The minimum atomic E-state index is 0.217. The number of para-hydroxylation sites is 1. The molecule has 18 heavy (non-hydrogen) atoms. The second-order valence-electron chi connectivity index (χ2n) is 4.41. The maximum absolute atomic E-state index is 5.68. The highest BCUT2D eigenvalue weighted by Gasteiger charge is 2.06. The molecular weight excluding hydrogens is 224 g/mol. The Bertz CT molecular complexity index is 314. The van der Waals surface area contributed by atoms with Crippen LogP contribution in [0.15, 0.2) is 43.0 Å². The summed E-state index contributed by atoms with van der Waals surface area (Å²) < 4.78 is 5.68. The molecule has 3 nitrogen and oxygen atoms in total. The molecule has 0 spiro atoms. The molecule has 100 valence electrons. The van der Waals surface area contributed by atoms with Gasteiger partial charge in [-0.25, -0.2) is 0 Å². The Labute approximate surface area is 110 Å². The lowest BCUT2D eigenvalue weighted by Gasteiger charge is -2.16. The van der Waals surface area contributed by atoms with E-state index in [-0.39, 0.29) is 6.04 Å². The average molecular weight is 248 g/mol. The molecule has 3 heteroatoms. The highest BCUT2D eigenvalue weighted by atomic mass is 16.5. The molecule has 1 rings (SSSR count). The number of hydrogen-bond acceptors (Lipinski definition) is 3. The van der Waals surface area contributed by atoms with Crippen molar-refractivity contribution >= 4 is 0 Å². The molecule has 0 heterocycles. The Kier molecular flexibility index (Phi) is 7.93. The molecule has 0 saturated heterocycles. The number of unbranched alkanes of at least 4 members (excludes halogenated alkanes) is 3. The van der Waals surface area contributed by atoms with Crippen molar-refractivity contribution in [2.24, 2.45) is 5.84 Å². The van der Waals surface area contributed by atoms with Gasteiger partial charge in [0.25, 0.3) is 0 Å². The molecule has 0 aliphatic rings. The third-order valence-corrected chi connectivity index (χ3v) is 2.89. The van der Waals surface area contributed by atoms with Crippen LogP contribution in [0.5, 0.6) is 5.75 Å². The maximum atomic E-state index is 5.68. The normalized spacial score (nSPS) is 12.1. The van der Waals surface area contributed by atoms with Gasteiger partial charge < -0.3 is 4.74 Å². The van der Waals surface area contributed by atoms with Gasteiger partial charge in [0.2, 0.25) is 0 Å². The summed E-state index contributed by atoms with van der Waals surface area (Å²) in [5.41, 5.74) is 2.82. The molecule has 0 aliphatic carbocycles. The fraction of sp³-hybridized carbons (Fsp3) is 0.467. The van der Waals surface area contributed by atoms with E-state index in [0.717, 1.165) is 18.6 Å². The van der Waals surface area contributed by atoms with Crippen molar-refractivity contribution in [3.8, 4) is 5.75 Å². The summed E-state index contributed by atoms with van der Waals surface area (Å²) in [6.07, 6.45) is 7.70. The minimum Gasteiger partial charge on any atom is -0.492 e. The Balaban J connectivity index is 2.15. The molecule has 1 unspecified atom stereocenters. The van der Waals surface area contributed by atoms with Crippen LogP contribution in [0, 0.1) is 0 Å². The molecular formula is C15H24N2O. The molecule has 3 N–H and O–H groups in total. The molecule has 0 radical (unpaired) electrons. The summed E-state index contributed by atoms with van der Waals surface area (Å²) in [4.78, 5) is 0. The number of benzene rings is 1. The lowest BCUT2D eigenvalue weighted by Crippen LogP contribution is -2.39. The minimum absolute atomic E-state index is 0.217. The second kappa shape index (κ2) is 9.68. The number of nitrogens with one attached hydrogen (secondary N) is 1. The summed E-state index contributed by atoms with van der Waals surface area (Å²) in [6.45, 7) is 4.33. The van der Waals surface area contributed by atoms with E-state index < -0.39 is 0 Å². The molecule has 1 aromatic rings. The SMILES string of the molecule is C=CCCCCCC(COc1ccccc1)NN. The third kappa shape index (κ3) is 6.42. The smallest absolute Gasteiger partial charge is 0.119 e. The topological polar surface area (TPSA) is 47.3 Å². The second-order valence-corrected chi connectivity index (χ2v) is 4.41. The lowest BCUT2D eigenvalue weighted by atomic mass is 10.1. The van der Waals surface area contributed by atoms with Gasteiger partial charge in [0, 0.05) is 0 Å². The molecule has 1 atom stereocenters. The predicted molar refractivity (Wildman–Crippen MR) is 76.3 cm³/mol. The zero-order chi connectivity index (χ0) is 13.1. The van der Waals surface area contributed by atoms with Crippen molar-refractivity contribution in [3.05, 3.63) is 43.0 Å². The Hall–Kier alpha value is -1.32. The van der Waals surface area contributed by atoms with Gasteiger partial charge >= 0.3 is 0 Å². The van der Waals surface area contributed by atoms with Crippen molar-refractivity contribution in [2.45, 2.75) is 38.1 Å². The van der Waals surface area contributed by atoms with Crippen LogP contribution in [-0.2, 0) is 0 Å².